The molecule has 1 aliphatic rings. The highest BCUT2D eigenvalue weighted by atomic mass is 16.5. The zero-order chi connectivity index (χ0) is 14.4. The third-order valence-corrected chi connectivity index (χ3v) is 2.99. The van der Waals surface area contributed by atoms with Crippen LogP contribution in [-0.2, 0) is 4.79 Å². The van der Waals surface area contributed by atoms with Crippen LogP contribution in [0.15, 0.2) is 23.3 Å². The summed E-state index contributed by atoms with van der Waals surface area (Å²) in [6.07, 6.45) is 4.49. The number of nitrogens with zero attached hydrogens (tertiary/aromatic N) is 1. The maximum atomic E-state index is 11.4. The summed E-state index contributed by atoms with van der Waals surface area (Å²) in [7, 11) is 1.60. The van der Waals surface area contributed by atoms with Crippen molar-refractivity contribution in [1.29, 1.82) is 0 Å². The number of benzene rings is 1. The molecular weight excluding hydrogens is 256 g/mol. The van der Waals surface area contributed by atoms with Crippen molar-refractivity contribution in [3.05, 3.63) is 23.8 Å². The Morgan fingerprint density at radius 3 is 2.90 bits per heavy atom. The molecule has 0 unspecified atom stereocenters. The van der Waals surface area contributed by atoms with Crippen LogP contribution in [0.2, 0.25) is 0 Å². The van der Waals surface area contributed by atoms with E-state index in [2.05, 4.69) is 17.5 Å². The lowest BCUT2D eigenvalue weighted by atomic mass is 10.2. The van der Waals surface area contributed by atoms with E-state index in [1.807, 2.05) is 18.2 Å². The summed E-state index contributed by atoms with van der Waals surface area (Å²) < 4.78 is 10.9. The van der Waals surface area contributed by atoms with E-state index >= 15 is 0 Å². The number of hydrogen-bond acceptors (Lipinski definition) is 4. The van der Waals surface area contributed by atoms with E-state index in [0.717, 1.165) is 24.8 Å². The van der Waals surface area contributed by atoms with E-state index < -0.39 is 0 Å². The Balaban J connectivity index is 1.97. The summed E-state index contributed by atoms with van der Waals surface area (Å²) in [5.41, 5.74) is 3.39. The minimum atomic E-state index is -0.00360. The van der Waals surface area contributed by atoms with E-state index in [-0.39, 0.29) is 11.8 Å². The molecule has 5 heteroatoms. The van der Waals surface area contributed by atoms with Crippen LogP contribution in [0.25, 0.3) is 0 Å². The molecule has 0 aromatic heterocycles. The zero-order valence-electron chi connectivity index (χ0n) is 11.9. The molecule has 0 bridgehead atoms. The maximum absolute atomic E-state index is 11.4. The topological polar surface area (TPSA) is 59.9 Å². The van der Waals surface area contributed by atoms with Gasteiger partial charge in [-0.25, -0.2) is 5.43 Å². The van der Waals surface area contributed by atoms with Gasteiger partial charge in [0, 0.05) is 5.92 Å². The standard InChI is InChI=1S/C15H20N2O3/c1-3-8-20-13-7-4-11(9-14(13)19-2)10-16-17-15(18)12-5-6-12/h4,7,9-10,12H,3,5-6,8H2,1-2H3,(H,17,18)/b16-10-. The number of amides is 1. The molecule has 1 fully saturated rings. The van der Waals surface area contributed by atoms with E-state index in [9.17, 15) is 4.79 Å². The van der Waals surface area contributed by atoms with Gasteiger partial charge >= 0.3 is 0 Å². The van der Waals surface area contributed by atoms with Crippen LogP contribution in [0, 0.1) is 5.92 Å². The van der Waals surface area contributed by atoms with Gasteiger partial charge in [0.2, 0.25) is 5.91 Å². The summed E-state index contributed by atoms with van der Waals surface area (Å²) in [4.78, 5) is 11.4. The number of carbonyl (C=O) groups excluding carboxylic acids is 1. The molecule has 2 rings (SSSR count). The van der Waals surface area contributed by atoms with Gasteiger partial charge in [-0.15, -0.1) is 0 Å². The first kappa shape index (κ1) is 14.4. The number of methoxy groups -OCH3 is 1. The van der Waals surface area contributed by atoms with Crippen LogP contribution in [0.1, 0.15) is 31.7 Å². The molecule has 0 heterocycles. The van der Waals surface area contributed by atoms with E-state index in [0.29, 0.717) is 18.1 Å². The largest absolute Gasteiger partial charge is 0.493 e. The Bertz CT molecular complexity index is 496. The Kier molecular flexibility index (Phi) is 4.98. The molecule has 1 amide bonds. The summed E-state index contributed by atoms with van der Waals surface area (Å²) in [6.45, 7) is 2.71. The van der Waals surface area contributed by atoms with Crippen molar-refractivity contribution in [2.45, 2.75) is 26.2 Å². The van der Waals surface area contributed by atoms with E-state index in [1.165, 1.54) is 0 Å². The quantitative estimate of drug-likeness (QED) is 0.614. The Hall–Kier alpha value is -2.04. The first-order valence-corrected chi connectivity index (χ1v) is 6.88. The van der Waals surface area contributed by atoms with Crippen LogP contribution < -0.4 is 14.9 Å². The highest BCUT2D eigenvalue weighted by Crippen LogP contribution is 2.29. The van der Waals surface area contributed by atoms with Crippen molar-refractivity contribution < 1.29 is 14.3 Å². The monoisotopic (exact) mass is 276 g/mol. The molecular formula is C15H20N2O3. The van der Waals surface area contributed by atoms with Crippen molar-refractivity contribution in [3.8, 4) is 11.5 Å². The molecule has 5 nitrogen and oxygen atoms in total. The molecule has 0 aliphatic heterocycles. The van der Waals surface area contributed by atoms with Crippen LogP contribution in [0.3, 0.4) is 0 Å². The lowest BCUT2D eigenvalue weighted by Crippen LogP contribution is -2.18. The van der Waals surface area contributed by atoms with Gasteiger partial charge in [0.1, 0.15) is 0 Å². The number of hydrogen-bond donors (Lipinski definition) is 1. The van der Waals surface area contributed by atoms with Gasteiger partial charge < -0.3 is 9.47 Å². The number of rotatable bonds is 7. The molecule has 1 N–H and O–H groups in total. The first-order chi connectivity index (χ1) is 9.74. The zero-order valence-corrected chi connectivity index (χ0v) is 11.9. The van der Waals surface area contributed by atoms with Gasteiger partial charge in [-0.05, 0) is 43.0 Å². The maximum Gasteiger partial charge on any atom is 0.243 e. The molecule has 1 aromatic rings. The smallest absolute Gasteiger partial charge is 0.243 e. The third-order valence-electron chi connectivity index (χ3n) is 2.99. The lowest BCUT2D eigenvalue weighted by molar-refractivity contribution is -0.122. The number of carbonyl (C=O) groups is 1. The van der Waals surface area contributed by atoms with Gasteiger partial charge in [0.15, 0.2) is 11.5 Å². The van der Waals surface area contributed by atoms with Crippen LogP contribution in [0.5, 0.6) is 11.5 Å². The third kappa shape index (κ3) is 3.98. The predicted octanol–water partition coefficient (Wildman–Crippen LogP) is 2.34. The second kappa shape index (κ2) is 6.93. The second-order valence-electron chi connectivity index (χ2n) is 4.77. The summed E-state index contributed by atoms with van der Waals surface area (Å²) in [6, 6.07) is 5.55. The van der Waals surface area contributed by atoms with Crippen molar-refractivity contribution in [2.75, 3.05) is 13.7 Å². The number of ether oxygens (including phenoxy) is 2. The van der Waals surface area contributed by atoms with Gasteiger partial charge in [-0.3, -0.25) is 4.79 Å². The highest BCUT2D eigenvalue weighted by Gasteiger charge is 2.29. The fourth-order valence-corrected chi connectivity index (χ4v) is 1.70. The van der Waals surface area contributed by atoms with Gasteiger partial charge in [-0.2, -0.15) is 5.10 Å². The molecule has 1 aromatic carbocycles. The molecule has 1 saturated carbocycles. The Morgan fingerprint density at radius 1 is 1.45 bits per heavy atom. The minimum absolute atomic E-state index is 0.00360. The highest BCUT2D eigenvalue weighted by molar-refractivity contribution is 5.84. The van der Waals surface area contributed by atoms with Crippen molar-refractivity contribution in [3.63, 3.8) is 0 Å². The minimum Gasteiger partial charge on any atom is -0.493 e. The van der Waals surface area contributed by atoms with Crippen LogP contribution in [-0.4, -0.2) is 25.8 Å². The molecule has 0 spiro atoms. The van der Waals surface area contributed by atoms with Gasteiger partial charge in [0.25, 0.3) is 0 Å². The summed E-state index contributed by atoms with van der Waals surface area (Å²) in [5.74, 6) is 1.53. The fourth-order valence-electron chi connectivity index (χ4n) is 1.70. The molecule has 0 atom stereocenters. The molecule has 20 heavy (non-hydrogen) atoms. The number of hydrazone groups is 1. The van der Waals surface area contributed by atoms with Crippen molar-refractivity contribution in [2.24, 2.45) is 11.0 Å². The van der Waals surface area contributed by atoms with Gasteiger partial charge in [0.05, 0.1) is 19.9 Å². The fraction of sp³-hybridized carbons (Fsp3) is 0.467. The predicted molar refractivity (Wildman–Crippen MR) is 77.2 cm³/mol. The summed E-state index contributed by atoms with van der Waals surface area (Å²) in [5, 5.41) is 3.95. The van der Waals surface area contributed by atoms with Crippen LogP contribution >= 0.6 is 0 Å². The molecule has 1 aliphatic carbocycles. The number of nitrogens with one attached hydrogen (secondary N) is 1. The molecule has 108 valence electrons. The van der Waals surface area contributed by atoms with Crippen LogP contribution in [0.4, 0.5) is 0 Å². The van der Waals surface area contributed by atoms with E-state index in [4.69, 9.17) is 9.47 Å². The van der Waals surface area contributed by atoms with E-state index in [1.54, 1.807) is 13.3 Å². The average Bonchev–Trinajstić information content (AvgIpc) is 3.30. The molecule has 0 radical (unpaired) electrons. The Labute approximate surface area is 119 Å². The second-order valence-corrected chi connectivity index (χ2v) is 4.77. The Morgan fingerprint density at radius 2 is 2.25 bits per heavy atom. The normalized spacial score (nSPS) is 14.3. The lowest BCUT2D eigenvalue weighted by Gasteiger charge is -2.10. The molecule has 0 saturated heterocycles. The first-order valence-electron chi connectivity index (χ1n) is 6.88. The summed E-state index contributed by atoms with van der Waals surface area (Å²) >= 11 is 0. The SMILES string of the molecule is CCCOc1ccc(/C=N\NC(=O)C2CC2)cc1OC. The average molecular weight is 276 g/mol. The van der Waals surface area contributed by atoms with Gasteiger partial charge in [-0.1, -0.05) is 6.92 Å². The van der Waals surface area contributed by atoms with Crippen molar-refractivity contribution >= 4 is 12.1 Å². The van der Waals surface area contributed by atoms with Crippen molar-refractivity contribution in [1.82, 2.24) is 5.43 Å².